The van der Waals surface area contributed by atoms with Crippen LogP contribution < -0.4 is 4.74 Å². The quantitative estimate of drug-likeness (QED) is 0.902. The van der Waals surface area contributed by atoms with Crippen molar-refractivity contribution in [3.8, 4) is 5.75 Å². The average molecular weight is 274 g/mol. The molecule has 0 radical (unpaired) electrons. The Morgan fingerprint density at radius 2 is 2.16 bits per heavy atom. The minimum absolute atomic E-state index is 0.138. The van der Waals surface area contributed by atoms with Gasteiger partial charge < -0.3 is 9.84 Å². The van der Waals surface area contributed by atoms with Gasteiger partial charge in [0.05, 0.1) is 0 Å². The zero-order valence-corrected chi connectivity index (χ0v) is 10.2. The lowest BCUT2D eigenvalue weighted by atomic mass is 9.89. The number of rotatable bonds is 2. The highest BCUT2D eigenvalue weighted by atomic mass is 19.4. The first-order valence-electron chi connectivity index (χ1n) is 5.91. The summed E-state index contributed by atoms with van der Waals surface area (Å²) in [6.45, 7) is 1.88. The zero-order valence-electron chi connectivity index (χ0n) is 10.2. The molecule has 19 heavy (non-hydrogen) atoms. The highest BCUT2D eigenvalue weighted by Crippen LogP contribution is 2.38. The molecule has 1 aliphatic heterocycles. The van der Waals surface area contributed by atoms with Crippen LogP contribution in [0.15, 0.2) is 18.2 Å². The number of halogens is 3. The maximum atomic E-state index is 12.8. The van der Waals surface area contributed by atoms with Crippen LogP contribution in [0.3, 0.4) is 0 Å². The molecular weight excluding hydrogens is 261 g/mol. The molecule has 2 unspecified atom stereocenters. The summed E-state index contributed by atoms with van der Waals surface area (Å²) in [4.78, 5) is 11.0. The fourth-order valence-corrected chi connectivity index (χ4v) is 2.17. The van der Waals surface area contributed by atoms with Gasteiger partial charge in [-0.2, -0.15) is 13.2 Å². The molecule has 2 atom stereocenters. The van der Waals surface area contributed by atoms with Crippen LogP contribution in [0.1, 0.15) is 18.1 Å². The van der Waals surface area contributed by atoms with Gasteiger partial charge in [0.1, 0.15) is 11.7 Å². The van der Waals surface area contributed by atoms with Crippen molar-refractivity contribution in [2.75, 3.05) is 0 Å². The predicted molar refractivity (Wildman–Crippen MR) is 61.1 cm³/mol. The fourth-order valence-electron chi connectivity index (χ4n) is 2.17. The number of alkyl halides is 3. The summed E-state index contributed by atoms with van der Waals surface area (Å²) in [7, 11) is 0. The third kappa shape index (κ3) is 2.67. The van der Waals surface area contributed by atoms with E-state index in [0.717, 1.165) is 5.56 Å². The van der Waals surface area contributed by atoms with E-state index in [-0.39, 0.29) is 12.2 Å². The van der Waals surface area contributed by atoms with E-state index in [0.29, 0.717) is 12.0 Å². The van der Waals surface area contributed by atoms with Gasteiger partial charge in [0.25, 0.3) is 0 Å². The molecule has 0 amide bonds. The molecule has 1 aliphatic rings. The van der Waals surface area contributed by atoms with Gasteiger partial charge in [0, 0.05) is 0 Å². The second kappa shape index (κ2) is 4.75. The van der Waals surface area contributed by atoms with E-state index in [4.69, 9.17) is 9.84 Å². The van der Waals surface area contributed by atoms with Crippen molar-refractivity contribution in [1.82, 2.24) is 0 Å². The van der Waals surface area contributed by atoms with Crippen LogP contribution in [-0.4, -0.2) is 23.4 Å². The van der Waals surface area contributed by atoms with Gasteiger partial charge in [-0.3, -0.25) is 4.79 Å². The van der Waals surface area contributed by atoms with Crippen LogP contribution in [0.25, 0.3) is 0 Å². The molecule has 1 heterocycles. The van der Waals surface area contributed by atoms with Gasteiger partial charge in [-0.15, -0.1) is 0 Å². The van der Waals surface area contributed by atoms with Crippen LogP contribution in [0.5, 0.6) is 5.75 Å². The van der Waals surface area contributed by atoms with Gasteiger partial charge in [-0.1, -0.05) is 19.1 Å². The fraction of sp³-hybridized carbons (Fsp3) is 0.462. The summed E-state index contributed by atoms with van der Waals surface area (Å²) in [6.07, 6.45) is -6.47. The van der Waals surface area contributed by atoms with Crippen molar-refractivity contribution in [3.63, 3.8) is 0 Å². The molecule has 3 nitrogen and oxygen atoms in total. The number of benzene rings is 1. The normalized spacial score (nSPS) is 22.5. The third-order valence-electron chi connectivity index (χ3n) is 3.24. The SMILES string of the molecule is CCc1ccc2c(c1)OC(C(F)(F)F)C(C(=O)O)C2. The topological polar surface area (TPSA) is 46.5 Å². The molecule has 0 aromatic heterocycles. The third-order valence-corrected chi connectivity index (χ3v) is 3.24. The van der Waals surface area contributed by atoms with Crippen LogP contribution in [0, 0.1) is 5.92 Å². The van der Waals surface area contributed by atoms with Gasteiger partial charge in [0.15, 0.2) is 0 Å². The molecule has 104 valence electrons. The van der Waals surface area contributed by atoms with Crippen molar-refractivity contribution in [2.24, 2.45) is 5.92 Å². The maximum Gasteiger partial charge on any atom is 0.426 e. The summed E-state index contributed by atoms with van der Waals surface area (Å²) >= 11 is 0. The first-order valence-corrected chi connectivity index (χ1v) is 5.91. The van der Waals surface area contributed by atoms with Crippen LogP contribution in [0.4, 0.5) is 13.2 Å². The van der Waals surface area contributed by atoms with Crippen molar-refractivity contribution in [2.45, 2.75) is 32.0 Å². The van der Waals surface area contributed by atoms with Crippen molar-refractivity contribution in [1.29, 1.82) is 0 Å². The molecule has 0 fully saturated rings. The first kappa shape index (κ1) is 13.7. The molecule has 2 rings (SSSR count). The highest BCUT2D eigenvalue weighted by molar-refractivity contribution is 5.72. The van der Waals surface area contributed by atoms with E-state index in [1.54, 1.807) is 18.2 Å². The Hall–Kier alpha value is -1.72. The van der Waals surface area contributed by atoms with E-state index in [9.17, 15) is 18.0 Å². The smallest absolute Gasteiger partial charge is 0.426 e. The molecule has 0 spiro atoms. The number of aryl methyl sites for hydroxylation is 1. The first-order chi connectivity index (χ1) is 8.82. The summed E-state index contributed by atoms with van der Waals surface area (Å²) in [5, 5.41) is 8.92. The largest absolute Gasteiger partial charge is 0.481 e. The van der Waals surface area contributed by atoms with Gasteiger partial charge in [-0.25, -0.2) is 0 Å². The minimum atomic E-state index is -4.69. The molecular formula is C13H13F3O3. The Morgan fingerprint density at radius 3 is 2.68 bits per heavy atom. The van der Waals surface area contributed by atoms with E-state index >= 15 is 0 Å². The number of carbonyl (C=O) groups is 1. The maximum absolute atomic E-state index is 12.8. The molecule has 0 bridgehead atoms. The number of fused-ring (bicyclic) bond motifs is 1. The van der Waals surface area contributed by atoms with Crippen LogP contribution >= 0.6 is 0 Å². The minimum Gasteiger partial charge on any atom is -0.481 e. The number of hydrogen-bond donors (Lipinski definition) is 1. The van der Waals surface area contributed by atoms with E-state index in [1.165, 1.54) is 0 Å². The van der Waals surface area contributed by atoms with Gasteiger partial charge >= 0.3 is 12.1 Å². The summed E-state index contributed by atoms with van der Waals surface area (Å²) in [5.74, 6) is -2.95. The van der Waals surface area contributed by atoms with E-state index in [2.05, 4.69) is 0 Å². The van der Waals surface area contributed by atoms with Crippen molar-refractivity contribution >= 4 is 5.97 Å². The molecule has 1 aromatic carbocycles. The summed E-state index contributed by atoms with van der Waals surface area (Å²) < 4.78 is 43.4. The van der Waals surface area contributed by atoms with E-state index < -0.39 is 24.2 Å². The molecule has 0 saturated carbocycles. The van der Waals surface area contributed by atoms with Crippen LogP contribution in [0.2, 0.25) is 0 Å². The monoisotopic (exact) mass is 274 g/mol. The molecule has 1 aromatic rings. The Balaban J connectivity index is 2.39. The second-order valence-corrected chi connectivity index (χ2v) is 4.52. The van der Waals surface area contributed by atoms with Crippen molar-refractivity contribution < 1.29 is 27.8 Å². The Labute approximate surface area is 108 Å². The number of carboxylic acids is 1. The summed E-state index contributed by atoms with van der Waals surface area (Å²) in [5.41, 5.74) is 1.36. The lowest BCUT2D eigenvalue weighted by Gasteiger charge is -2.32. The van der Waals surface area contributed by atoms with Crippen molar-refractivity contribution in [3.05, 3.63) is 29.3 Å². The number of hydrogen-bond acceptors (Lipinski definition) is 2. The second-order valence-electron chi connectivity index (χ2n) is 4.52. The number of aliphatic carboxylic acids is 1. The number of carboxylic acid groups (broad SMARTS) is 1. The molecule has 0 saturated heterocycles. The summed E-state index contributed by atoms with van der Waals surface area (Å²) in [6, 6.07) is 4.96. The van der Waals surface area contributed by atoms with Gasteiger partial charge in [0.2, 0.25) is 6.10 Å². The Morgan fingerprint density at radius 1 is 1.47 bits per heavy atom. The molecule has 1 N–H and O–H groups in total. The zero-order chi connectivity index (χ0) is 14.2. The predicted octanol–water partition coefficient (Wildman–Crippen LogP) is 2.82. The Kier molecular flexibility index (Phi) is 3.43. The highest BCUT2D eigenvalue weighted by Gasteiger charge is 2.52. The van der Waals surface area contributed by atoms with Gasteiger partial charge in [-0.05, 0) is 30.0 Å². The lowest BCUT2D eigenvalue weighted by molar-refractivity contribution is -0.217. The standard InChI is InChI=1S/C13H13F3O3/c1-2-7-3-4-8-6-9(12(17)18)11(13(14,15)16)19-10(8)5-7/h3-5,9,11H,2,6H2,1H3,(H,17,18). The van der Waals surface area contributed by atoms with Crippen LogP contribution in [-0.2, 0) is 17.6 Å². The average Bonchev–Trinajstić information content (AvgIpc) is 2.35. The number of ether oxygens (including phenoxy) is 1. The Bertz CT molecular complexity index is 496. The lowest BCUT2D eigenvalue weighted by Crippen LogP contribution is -2.47. The molecule has 0 aliphatic carbocycles. The molecule has 6 heteroatoms. The van der Waals surface area contributed by atoms with E-state index in [1.807, 2.05) is 6.92 Å².